The quantitative estimate of drug-likeness (QED) is 0.219. The van der Waals surface area contributed by atoms with Crippen LogP contribution in [0.25, 0.3) is 0 Å². The van der Waals surface area contributed by atoms with Crippen molar-refractivity contribution in [3.05, 3.63) is 25.3 Å². The molecular weight excluding hydrogens is 260 g/mol. The molecule has 0 radical (unpaired) electrons. The lowest BCUT2D eigenvalue weighted by molar-refractivity contribution is -0.294. The highest BCUT2D eigenvalue weighted by atomic mass is 28.4. The Morgan fingerprint density at radius 2 is 1.11 bits per heavy atom. The van der Waals surface area contributed by atoms with Crippen LogP contribution < -0.4 is 0 Å². The van der Waals surface area contributed by atoms with Crippen LogP contribution in [0.15, 0.2) is 25.3 Å². The van der Waals surface area contributed by atoms with Crippen molar-refractivity contribution in [1.29, 1.82) is 0 Å². The van der Waals surface area contributed by atoms with Crippen LogP contribution in [-0.4, -0.2) is 21.8 Å². The summed E-state index contributed by atoms with van der Waals surface area (Å²) in [6.07, 6.45) is 3.27. The van der Waals surface area contributed by atoms with E-state index in [0.29, 0.717) is 13.2 Å². The maximum atomic E-state index is 5.73. The second kappa shape index (κ2) is 7.35. The van der Waals surface area contributed by atoms with Gasteiger partial charge in [0.2, 0.25) is 0 Å². The zero-order chi connectivity index (χ0) is 15.2. The minimum Gasteiger partial charge on any atom is -0.247 e. The summed E-state index contributed by atoms with van der Waals surface area (Å²) < 4.78 is 11.5. The molecule has 0 aromatic rings. The zero-order valence-corrected chi connectivity index (χ0v) is 14.1. The van der Waals surface area contributed by atoms with Crippen LogP contribution in [-0.2, 0) is 18.9 Å². The monoisotopic (exact) mass is 288 g/mol. The summed E-state index contributed by atoms with van der Waals surface area (Å²) in [4.78, 5) is 10.5. The summed E-state index contributed by atoms with van der Waals surface area (Å²) in [6.45, 7) is 20.2. The molecule has 0 fully saturated rings. The molecule has 5 heteroatoms. The molecular formula is C14H28O4Si. The lowest BCUT2D eigenvalue weighted by atomic mass is 10.2. The summed E-state index contributed by atoms with van der Waals surface area (Å²) in [7, 11) is -2.81. The molecule has 0 heterocycles. The predicted octanol–water partition coefficient (Wildman–Crippen LogP) is 4.30. The van der Waals surface area contributed by atoms with Crippen molar-refractivity contribution in [2.45, 2.75) is 51.6 Å². The Kier molecular flexibility index (Phi) is 7.17. The first kappa shape index (κ1) is 18.5. The van der Waals surface area contributed by atoms with Crippen LogP contribution in [0, 0.1) is 0 Å². The highest BCUT2D eigenvalue weighted by Gasteiger charge is 2.61. The fourth-order valence-corrected chi connectivity index (χ4v) is 5.71. The average molecular weight is 288 g/mol. The van der Waals surface area contributed by atoms with E-state index >= 15 is 0 Å². The Morgan fingerprint density at radius 1 is 0.789 bits per heavy atom. The van der Waals surface area contributed by atoms with E-state index < -0.39 is 8.56 Å². The number of hydrogen-bond donors (Lipinski definition) is 0. The molecule has 19 heavy (non-hydrogen) atoms. The summed E-state index contributed by atoms with van der Waals surface area (Å²) >= 11 is 0. The summed E-state index contributed by atoms with van der Waals surface area (Å²) in [6, 6.07) is 0. The Bertz CT molecular complexity index is 259. The lowest BCUT2D eigenvalue weighted by Gasteiger charge is -2.45. The molecule has 0 unspecified atom stereocenters. The molecule has 0 saturated carbocycles. The van der Waals surface area contributed by atoms with E-state index in [1.165, 1.54) is 0 Å². The van der Waals surface area contributed by atoms with E-state index in [2.05, 4.69) is 54.7 Å². The van der Waals surface area contributed by atoms with Crippen LogP contribution in [0.5, 0.6) is 0 Å². The second-order valence-electron chi connectivity index (χ2n) is 6.43. The standard InChI is InChI=1S/C14H28O4Si/c1-9-11-15-17-19(13(3,4)5,14(6,7)8)18-16-12-10-2/h9-10H,1-2,11-12H2,3-8H3. The summed E-state index contributed by atoms with van der Waals surface area (Å²) in [5, 5.41) is -0.457. The lowest BCUT2D eigenvalue weighted by Crippen LogP contribution is -2.57. The summed E-state index contributed by atoms with van der Waals surface area (Å²) in [5.74, 6) is 0. The fourth-order valence-electron chi connectivity index (χ4n) is 1.97. The highest BCUT2D eigenvalue weighted by molar-refractivity contribution is 6.73. The van der Waals surface area contributed by atoms with Gasteiger partial charge in [-0.2, -0.15) is 0 Å². The SMILES string of the molecule is C=CCOO[Si](OOCC=C)(C(C)(C)C)C(C)(C)C. The predicted molar refractivity (Wildman–Crippen MR) is 79.7 cm³/mol. The zero-order valence-electron chi connectivity index (χ0n) is 13.1. The van der Waals surface area contributed by atoms with Gasteiger partial charge in [0.25, 0.3) is 0 Å². The molecule has 0 aromatic carbocycles. The van der Waals surface area contributed by atoms with Crippen LogP contribution in [0.4, 0.5) is 0 Å². The molecule has 0 rings (SSSR count). The molecule has 0 amide bonds. The maximum Gasteiger partial charge on any atom is 0.419 e. The average Bonchev–Trinajstić information content (AvgIpc) is 2.24. The first-order valence-corrected chi connectivity index (χ1v) is 8.27. The third-order valence-corrected chi connectivity index (χ3v) is 7.35. The van der Waals surface area contributed by atoms with Gasteiger partial charge in [-0.15, -0.1) is 13.2 Å². The van der Waals surface area contributed by atoms with Gasteiger partial charge in [0, 0.05) is 10.1 Å². The number of rotatable bonds is 8. The Morgan fingerprint density at radius 3 is 1.32 bits per heavy atom. The minimum absolute atomic E-state index is 0.229. The van der Waals surface area contributed by atoms with E-state index in [0.717, 1.165) is 0 Å². The van der Waals surface area contributed by atoms with Crippen molar-refractivity contribution in [2.24, 2.45) is 0 Å². The van der Waals surface area contributed by atoms with Crippen molar-refractivity contribution in [3.63, 3.8) is 0 Å². The van der Waals surface area contributed by atoms with Crippen molar-refractivity contribution in [2.75, 3.05) is 13.2 Å². The topological polar surface area (TPSA) is 36.9 Å². The maximum absolute atomic E-state index is 5.73. The highest BCUT2D eigenvalue weighted by Crippen LogP contribution is 2.52. The Balaban J connectivity index is 5.21. The molecule has 0 aliphatic rings. The van der Waals surface area contributed by atoms with E-state index in [9.17, 15) is 0 Å². The van der Waals surface area contributed by atoms with E-state index in [-0.39, 0.29) is 10.1 Å². The first-order chi connectivity index (χ1) is 8.62. The molecule has 0 aromatic heterocycles. The molecule has 0 bridgehead atoms. The van der Waals surface area contributed by atoms with Gasteiger partial charge in [0.15, 0.2) is 0 Å². The van der Waals surface area contributed by atoms with E-state index in [4.69, 9.17) is 18.9 Å². The fraction of sp³-hybridized carbons (Fsp3) is 0.714. The van der Waals surface area contributed by atoms with Gasteiger partial charge in [-0.1, -0.05) is 53.7 Å². The second-order valence-corrected chi connectivity index (χ2v) is 11.0. The summed E-state index contributed by atoms with van der Waals surface area (Å²) in [5.41, 5.74) is 0. The third kappa shape index (κ3) is 4.85. The van der Waals surface area contributed by atoms with Gasteiger partial charge >= 0.3 is 8.56 Å². The number of hydrogen-bond acceptors (Lipinski definition) is 4. The van der Waals surface area contributed by atoms with Crippen LogP contribution in [0.3, 0.4) is 0 Å². The van der Waals surface area contributed by atoms with Crippen LogP contribution in [0.1, 0.15) is 41.5 Å². The molecule has 0 aliphatic heterocycles. The normalized spacial score (nSPS) is 13.4. The molecule has 112 valence electrons. The van der Waals surface area contributed by atoms with Gasteiger partial charge in [-0.25, -0.2) is 18.9 Å². The molecule has 0 atom stereocenters. The van der Waals surface area contributed by atoms with Gasteiger partial charge in [-0.05, 0) is 0 Å². The molecule has 0 aliphatic carbocycles. The first-order valence-electron chi connectivity index (χ1n) is 6.45. The molecule has 0 spiro atoms. The van der Waals surface area contributed by atoms with Gasteiger partial charge < -0.3 is 0 Å². The van der Waals surface area contributed by atoms with E-state index in [1.54, 1.807) is 12.2 Å². The van der Waals surface area contributed by atoms with Gasteiger partial charge in [0.1, 0.15) is 0 Å². The van der Waals surface area contributed by atoms with Gasteiger partial charge in [0.05, 0.1) is 13.2 Å². The van der Waals surface area contributed by atoms with E-state index in [1.807, 2.05) is 0 Å². The van der Waals surface area contributed by atoms with Crippen molar-refractivity contribution in [3.8, 4) is 0 Å². The largest absolute Gasteiger partial charge is 0.419 e. The Labute approximate surface area is 118 Å². The molecule has 0 saturated heterocycles. The Hall–Kier alpha value is -0.463. The molecule has 4 nitrogen and oxygen atoms in total. The van der Waals surface area contributed by atoms with Crippen molar-refractivity contribution >= 4 is 8.56 Å². The van der Waals surface area contributed by atoms with Crippen molar-refractivity contribution < 1.29 is 18.9 Å². The van der Waals surface area contributed by atoms with Crippen LogP contribution >= 0.6 is 0 Å². The minimum atomic E-state index is -2.81. The van der Waals surface area contributed by atoms with Crippen LogP contribution in [0.2, 0.25) is 10.1 Å². The molecule has 0 N–H and O–H groups in total. The smallest absolute Gasteiger partial charge is 0.247 e. The van der Waals surface area contributed by atoms with Gasteiger partial charge in [-0.3, -0.25) is 0 Å². The van der Waals surface area contributed by atoms with Crippen molar-refractivity contribution in [1.82, 2.24) is 0 Å². The third-order valence-electron chi connectivity index (χ3n) is 2.70.